The molecule has 11 heteroatoms. The van der Waals surface area contributed by atoms with E-state index in [2.05, 4.69) is 20.1 Å². The fourth-order valence-corrected chi connectivity index (χ4v) is 8.27. The van der Waals surface area contributed by atoms with E-state index in [0.717, 1.165) is 75.7 Å². The highest BCUT2D eigenvalue weighted by molar-refractivity contribution is 6.35. The van der Waals surface area contributed by atoms with E-state index in [4.69, 9.17) is 30.8 Å². The Kier molecular flexibility index (Phi) is 8.10. The third kappa shape index (κ3) is 5.44. The first-order chi connectivity index (χ1) is 22.5. The third-order valence-corrected chi connectivity index (χ3v) is 10.7. The van der Waals surface area contributed by atoms with Gasteiger partial charge in [-0.3, -0.25) is 4.90 Å². The van der Waals surface area contributed by atoms with E-state index >= 15 is 4.39 Å². The standard InChI is InChI=1S/C35H39ClFN5O4/c1-44-26(16-41-23-9-10-24(41)18-45-17-23)19-46-35-39-33-29(34(40-35)42-15-21-6-4-7-22(42)14-38-21)13-30(36)31(32(33)37)28-12-25(43)11-20-5-2-3-8-27(20)28/h2-3,5,8,11-13,21-24,26,38,43H,4,6-7,9-10,14-19H2,1H3/t21?,22?,23?,24?,26-/m1/s1. The summed E-state index contributed by atoms with van der Waals surface area (Å²) < 4.78 is 34.9. The molecule has 242 valence electrons. The number of fused-ring (bicyclic) bond motifs is 8. The number of nitrogens with one attached hydrogen (secondary N) is 1. The molecule has 5 aliphatic rings. The minimum atomic E-state index is -0.571. The molecule has 4 aromatic rings. The topological polar surface area (TPSA) is 92.2 Å². The Morgan fingerprint density at radius 3 is 2.72 bits per heavy atom. The third-order valence-electron chi connectivity index (χ3n) is 10.4. The molecule has 4 unspecified atom stereocenters. The monoisotopic (exact) mass is 647 g/mol. The Labute approximate surface area is 272 Å². The Morgan fingerprint density at radius 2 is 1.89 bits per heavy atom. The number of morpholine rings is 1. The summed E-state index contributed by atoms with van der Waals surface area (Å²) in [6.07, 6.45) is 5.26. The lowest BCUT2D eigenvalue weighted by Crippen LogP contribution is -2.54. The summed E-state index contributed by atoms with van der Waals surface area (Å²) in [5.41, 5.74) is 0.828. The van der Waals surface area contributed by atoms with Gasteiger partial charge in [-0.1, -0.05) is 35.9 Å². The van der Waals surface area contributed by atoms with Crippen LogP contribution in [0.3, 0.4) is 0 Å². The zero-order chi connectivity index (χ0) is 31.4. The maximum Gasteiger partial charge on any atom is 0.319 e. The lowest BCUT2D eigenvalue weighted by molar-refractivity contribution is -0.0481. The van der Waals surface area contributed by atoms with Gasteiger partial charge in [0.2, 0.25) is 0 Å². The van der Waals surface area contributed by atoms with Gasteiger partial charge in [0.15, 0.2) is 5.82 Å². The normalized spacial score (nSPS) is 25.3. The molecular weight excluding hydrogens is 609 g/mol. The number of methoxy groups -OCH3 is 1. The van der Waals surface area contributed by atoms with Crippen LogP contribution < -0.4 is 15.0 Å². The summed E-state index contributed by atoms with van der Waals surface area (Å²) in [5, 5.41) is 16.6. The lowest BCUT2D eigenvalue weighted by atomic mass is 9.96. The van der Waals surface area contributed by atoms with Crippen LogP contribution in [0.1, 0.15) is 32.1 Å². The van der Waals surface area contributed by atoms with E-state index in [1.165, 1.54) is 0 Å². The molecule has 0 saturated carbocycles. The number of nitrogens with zero attached hydrogens (tertiary/aromatic N) is 4. The largest absolute Gasteiger partial charge is 0.508 e. The zero-order valence-corrected chi connectivity index (χ0v) is 26.7. The number of phenols is 1. The Bertz CT molecular complexity index is 1760. The van der Waals surface area contributed by atoms with E-state index in [1.54, 1.807) is 25.3 Å². The van der Waals surface area contributed by atoms with Crippen molar-refractivity contribution in [2.75, 3.05) is 51.5 Å². The number of ether oxygens (including phenoxy) is 3. The van der Waals surface area contributed by atoms with E-state index in [0.29, 0.717) is 34.9 Å². The Morgan fingerprint density at radius 1 is 1.07 bits per heavy atom. The number of hydrogen-bond donors (Lipinski definition) is 2. The highest BCUT2D eigenvalue weighted by atomic mass is 35.5. The van der Waals surface area contributed by atoms with Crippen molar-refractivity contribution in [1.29, 1.82) is 0 Å². The molecule has 0 radical (unpaired) electrons. The molecule has 1 aromatic heterocycles. The van der Waals surface area contributed by atoms with Gasteiger partial charge in [-0.15, -0.1) is 0 Å². The number of benzene rings is 3. The number of aromatic nitrogens is 2. The van der Waals surface area contributed by atoms with E-state index < -0.39 is 5.82 Å². The minimum Gasteiger partial charge on any atom is -0.508 e. The summed E-state index contributed by atoms with van der Waals surface area (Å²) in [6, 6.07) is 14.0. The molecule has 5 fully saturated rings. The van der Waals surface area contributed by atoms with Gasteiger partial charge < -0.3 is 29.5 Å². The van der Waals surface area contributed by atoms with Crippen LogP contribution in [0.4, 0.5) is 10.2 Å². The second-order valence-corrected chi connectivity index (χ2v) is 13.5. The molecule has 9 rings (SSSR count). The molecule has 6 heterocycles. The molecule has 5 aliphatic heterocycles. The van der Waals surface area contributed by atoms with Crippen LogP contribution in [-0.4, -0.2) is 96.8 Å². The van der Waals surface area contributed by atoms with Gasteiger partial charge in [-0.05, 0) is 66.6 Å². The van der Waals surface area contributed by atoms with Crippen LogP contribution in [0.5, 0.6) is 11.8 Å². The van der Waals surface area contributed by atoms with Gasteiger partial charge in [0.25, 0.3) is 0 Å². The van der Waals surface area contributed by atoms with Gasteiger partial charge in [0.05, 0.1) is 18.2 Å². The van der Waals surface area contributed by atoms with Gasteiger partial charge in [0.1, 0.15) is 29.8 Å². The van der Waals surface area contributed by atoms with Gasteiger partial charge in [-0.25, -0.2) is 4.39 Å². The minimum absolute atomic E-state index is 0.0315. The first kappa shape index (κ1) is 30.1. The molecule has 4 bridgehead atoms. The molecule has 0 amide bonds. The number of halogens is 2. The van der Waals surface area contributed by atoms with Crippen molar-refractivity contribution < 1.29 is 23.7 Å². The molecule has 9 nitrogen and oxygen atoms in total. The first-order valence-electron chi connectivity index (χ1n) is 16.4. The van der Waals surface area contributed by atoms with E-state index in [1.807, 2.05) is 24.3 Å². The fourth-order valence-electron chi connectivity index (χ4n) is 7.98. The summed E-state index contributed by atoms with van der Waals surface area (Å²) in [7, 11) is 1.69. The van der Waals surface area contributed by atoms with Gasteiger partial charge >= 0.3 is 6.01 Å². The first-order valence-corrected chi connectivity index (χ1v) is 16.8. The number of hydrogen-bond acceptors (Lipinski definition) is 9. The number of piperazine rings is 1. The highest BCUT2D eigenvalue weighted by Crippen LogP contribution is 2.43. The van der Waals surface area contributed by atoms with Crippen LogP contribution in [0.15, 0.2) is 42.5 Å². The molecule has 0 spiro atoms. The van der Waals surface area contributed by atoms with Crippen molar-refractivity contribution in [2.24, 2.45) is 0 Å². The fraction of sp³-hybridized carbons (Fsp3) is 0.486. The van der Waals surface area contributed by atoms with Crippen molar-refractivity contribution >= 4 is 39.1 Å². The van der Waals surface area contributed by atoms with Crippen LogP contribution in [0.25, 0.3) is 32.8 Å². The van der Waals surface area contributed by atoms with Crippen molar-refractivity contribution in [3.8, 4) is 22.9 Å². The summed E-state index contributed by atoms with van der Waals surface area (Å²) in [5.74, 6) is 0.0915. The number of aromatic hydroxyl groups is 1. The molecule has 2 N–H and O–H groups in total. The zero-order valence-electron chi connectivity index (χ0n) is 25.9. The smallest absolute Gasteiger partial charge is 0.319 e. The molecule has 5 atom stereocenters. The maximum atomic E-state index is 17.0. The summed E-state index contributed by atoms with van der Waals surface area (Å²) in [6.45, 7) is 4.03. The summed E-state index contributed by atoms with van der Waals surface area (Å²) >= 11 is 6.93. The second-order valence-electron chi connectivity index (χ2n) is 13.1. The Hall–Kier alpha value is -3.28. The van der Waals surface area contributed by atoms with Crippen LogP contribution in [0, 0.1) is 5.82 Å². The lowest BCUT2D eigenvalue weighted by Gasteiger charge is -2.39. The molecule has 0 aliphatic carbocycles. The molecule has 3 aromatic carbocycles. The predicted molar refractivity (Wildman–Crippen MR) is 177 cm³/mol. The van der Waals surface area contributed by atoms with Gasteiger partial charge in [0, 0.05) is 61.9 Å². The average Bonchev–Trinajstić information content (AvgIpc) is 3.30. The van der Waals surface area contributed by atoms with Crippen molar-refractivity contribution in [2.45, 2.75) is 62.4 Å². The summed E-state index contributed by atoms with van der Waals surface area (Å²) in [4.78, 5) is 14.4. The number of anilines is 1. The molecular formula is C35H39ClFN5O4. The van der Waals surface area contributed by atoms with Crippen molar-refractivity contribution in [3.05, 3.63) is 53.3 Å². The Balaban J connectivity index is 1.20. The SMILES string of the molecule is CO[C@@H](COc1nc(N2CC3CCCC2CN3)c2cc(Cl)c(-c3cc(O)cc4ccccc34)c(F)c2n1)CN1C2CCC1COC2. The van der Waals surface area contributed by atoms with Gasteiger partial charge in [-0.2, -0.15) is 9.97 Å². The maximum absolute atomic E-state index is 17.0. The molecule has 5 saturated heterocycles. The second kappa shape index (κ2) is 12.4. The highest BCUT2D eigenvalue weighted by Gasteiger charge is 2.39. The van der Waals surface area contributed by atoms with E-state index in [9.17, 15) is 5.11 Å². The van der Waals surface area contributed by atoms with Crippen LogP contribution in [0.2, 0.25) is 5.02 Å². The number of rotatable bonds is 8. The predicted octanol–water partition coefficient (Wildman–Crippen LogP) is 5.54. The quantitative estimate of drug-likeness (QED) is 0.256. The average molecular weight is 648 g/mol. The van der Waals surface area contributed by atoms with Crippen LogP contribution >= 0.6 is 11.6 Å². The number of phenolic OH excluding ortho intramolecular Hbond substituents is 1. The van der Waals surface area contributed by atoms with E-state index in [-0.39, 0.29) is 46.6 Å². The van der Waals surface area contributed by atoms with Crippen molar-refractivity contribution in [3.63, 3.8) is 0 Å². The molecule has 46 heavy (non-hydrogen) atoms. The van der Waals surface area contributed by atoms with Crippen molar-refractivity contribution in [1.82, 2.24) is 20.2 Å². The van der Waals surface area contributed by atoms with Crippen LogP contribution in [-0.2, 0) is 9.47 Å².